The molecule has 5 rings (SSSR count). The topological polar surface area (TPSA) is 135 Å². The minimum Gasteiger partial charge on any atom is -0.493 e. The molecule has 0 aliphatic carbocycles. The lowest BCUT2D eigenvalue weighted by Crippen LogP contribution is -2.46. The Morgan fingerprint density at radius 3 is 2.33 bits per heavy atom. The molecule has 0 saturated carbocycles. The van der Waals surface area contributed by atoms with Crippen LogP contribution >= 0.6 is 0 Å². The summed E-state index contributed by atoms with van der Waals surface area (Å²) in [7, 11) is 0. The molecule has 260 valence electrons. The van der Waals surface area contributed by atoms with E-state index in [1.165, 1.54) is 0 Å². The van der Waals surface area contributed by atoms with E-state index < -0.39 is 23.4 Å². The van der Waals surface area contributed by atoms with Gasteiger partial charge in [0, 0.05) is 68.9 Å². The monoisotopic (exact) mass is 663 g/mol. The van der Waals surface area contributed by atoms with Crippen LogP contribution in [0.2, 0.25) is 0 Å². The number of benzene rings is 2. The van der Waals surface area contributed by atoms with Crippen molar-refractivity contribution in [2.24, 2.45) is 0 Å². The van der Waals surface area contributed by atoms with E-state index >= 15 is 0 Å². The first-order chi connectivity index (χ1) is 22.7. The molecule has 12 nitrogen and oxygen atoms in total. The highest BCUT2D eigenvalue weighted by molar-refractivity contribution is 6.07. The Bertz CT molecular complexity index is 1640. The van der Waals surface area contributed by atoms with E-state index in [1.54, 1.807) is 4.57 Å². The third kappa shape index (κ3) is 8.66. The molecule has 48 heavy (non-hydrogen) atoms. The fraction of sp³-hybridized carbons (Fsp3) is 0.528. The van der Waals surface area contributed by atoms with Crippen molar-refractivity contribution < 1.29 is 33.7 Å². The van der Waals surface area contributed by atoms with Crippen molar-refractivity contribution in [3.8, 4) is 17.0 Å². The summed E-state index contributed by atoms with van der Waals surface area (Å²) in [5, 5.41) is 15.8. The van der Waals surface area contributed by atoms with Crippen molar-refractivity contribution in [1.82, 2.24) is 25.0 Å². The van der Waals surface area contributed by atoms with Crippen LogP contribution in [-0.2, 0) is 22.6 Å². The molecule has 0 bridgehead atoms. The number of hydrogen-bond donors (Lipinski definition) is 3. The Labute approximate surface area is 282 Å². The first-order valence-corrected chi connectivity index (χ1v) is 16.7. The Morgan fingerprint density at radius 2 is 1.65 bits per heavy atom. The number of carbonyl (C=O) groups excluding carboxylic acids is 3. The van der Waals surface area contributed by atoms with E-state index in [-0.39, 0.29) is 12.5 Å². The summed E-state index contributed by atoms with van der Waals surface area (Å²) in [5.74, 6) is 0.338. The largest absolute Gasteiger partial charge is 0.493 e. The number of rotatable bonds is 10. The van der Waals surface area contributed by atoms with Gasteiger partial charge in [0.2, 0.25) is 0 Å². The number of nitrogens with zero attached hydrogens (tertiary/aromatic N) is 3. The molecule has 3 aromatic rings. The molecule has 3 N–H and O–H groups in total. The zero-order chi connectivity index (χ0) is 34.6. The van der Waals surface area contributed by atoms with Crippen LogP contribution in [0.25, 0.3) is 22.2 Å². The molecule has 2 aliphatic heterocycles. The molecule has 1 saturated heterocycles. The second kappa shape index (κ2) is 14.6. The number of β-amino-alcohol motifs (C(OH)–C–C–N with tert-alkyl or cyclic N) is 1. The average Bonchev–Trinajstić information content (AvgIpc) is 3.57. The average molecular weight is 664 g/mol. The van der Waals surface area contributed by atoms with Gasteiger partial charge in [-0.05, 0) is 83.9 Å². The van der Waals surface area contributed by atoms with E-state index in [9.17, 15) is 19.5 Å². The summed E-state index contributed by atoms with van der Waals surface area (Å²) in [5.41, 5.74) is 2.89. The molecule has 1 fully saturated rings. The van der Waals surface area contributed by atoms with Crippen LogP contribution in [0, 0.1) is 0 Å². The molecular weight excluding hydrogens is 614 g/mol. The first kappa shape index (κ1) is 35.2. The minimum atomic E-state index is -0.724. The number of aromatic nitrogens is 1. The molecule has 0 spiro atoms. The van der Waals surface area contributed by atoms with Gasteiger partial charge in [0.15, 0.2) is 0 Å². The molecule has 2 aromatic carbocycles. The van der Waals surface area contributed by atoms with Crippen molar-refractivity contribution >= 4 is 29.0 Å². The highest BCUT2D eigenvalue weighted by Crippen LogP contribution is 2.38. The van der Waals surface area contributed by atoms with Gasteiger partial charge in [0.05, 0.1) is 30.0 Å². The van der Waals surface area contributed by atoms with Gasteiger partial charge in [0.1, 0.15) is 17.0 Å². The third-order valence-electron chi connectivity index (χ3n) is 8.17. The van der Waals surface area contributed by atoms with Crippen molar-refractivity contribution in [3.05, 3.63) is 53.1 Å². The molecule has 1 aromatic heterocycles. The van der Waals surface area contributed by atoms with Crippen LogP contribution in [0.5, 0.6) is 5.75 Å². The van der Waals surface area contributed by atoms with Gasteiger partial charge in [-0.3, -0.25) is 14.6 Å². The zero-order valence-electron chi connectivity index (χ0n) is 29.0. The SMILES string of the molecule is CC(C)(C)OC(=O)NCCCOc1ccc(-c2cc3cc(CN4CCN(CCO)CC4)ccc3n2C(=O)OC(C)(C)C)c2c1CNC2=O. The molecule has 3 heterocycles. The minimum absolute atomic E-state index is 0.170. The number of aliphatic hydroxyl groups excluding tert-OH is 1. The fourth-order valence-electron chi connectivity index (χ4n) is 6.06. The molecular formula is C36H49N5O7. The lowest BCUT2D eigenvalue weighted by molar-refractivity contribution is 0.0520. The summed E-state index contributed by atoms with van der Waals surface area (Å²) >= 11 is 0. The second-order valence-corrected chi connectivity index (χ2v) is 14.4. The Kier molecular flexibility index (Phi) is 10.7. The highest BCUT2D eigenvalue weighted by Gasteiger charge is 2.31. The van der Waals surface area contributed by atoms with Crippen LogP contribution in [0.4, 0.5) is 9.59 Å². The second-order valence-electron chi connectivity index (χ2n) is 14.4. The summed E-state index contributed by atoms with van der Waals surface area (Å²) in [6.45, 7) is 17.2. The molecule has 0 radical (unpaired) electrons. The van der Waals surface area contributed by atoms with Crippen LogP contribution in [0.3, 0.4) is 0 Å². The number of amides is 2. The van der Waals surface area contributed by atoms with Crippen molar-refractivity contribution in [2.75, 3.05) is 52.5 Å². The van der Waals surface area contributed by atoms with Gasteiger partial charge in [-0.2, -0.15) is 0 Å². The van der Waals surface area contributed by atoms with Gasteiger partial charge in [-0.25, -0.2) is 14.2 Å². The standard InChI is InChI=1S/C36H49N5O7/c1-35(2,3)47-33(44)37-12-7-19-46-30-11-9-26(31-27(30)22-38-32(31)43)29-21-25-20-24(23-40-15-13-39(14-16-40)17-18-42)8-10-28(25)41(29)34(45)48-36(4,5)6/h8-11,20-21,42H,7,12-19,22-23H2,1-6H3,(H,37,44)(H,38,43). The number of ether oxygens (including phenoxy) is 3. The van der Waals surface area contributed by atoms with E-state index in [1.807, 2.05) is 71.9 Å². The summed E-state index contributed by atoms with van der Waals surface area (Å²) in [6, 6.07) is 11.7. The van der Waals surface area contributed by atoms with Gasteiger partial charge in [-0.1, -0.05) is 6.07 Å². The predicted molar refractivity (Wildman–Crippen MR) is 183 cm³/mol. The van der Waals surface area contributed by atoms with E-state index in [4.69, 9.17) is 14.2 Å². The van der Waals surface area contributed by atoms with E-state index in [0.29, 0.717) is 60.7 Å². The maximum absolute atomic E-state index is 13.7. The van der Waals surface area contributed by atoms with Gasteiger partial charge in [-0.15, -0.1) is 0 Å². The lowest BCUT2D eigenvalue weighted by atomic mass is 9.99. The normalized spacial score (nSPS) is 15.7. The van der Waals surface area contributed by atoms with Gasteiger partial charge < -0.3 is 30.0 Å². The fourth-order valence-corrected chi connectivity index (χ4v) is 6.06. The van der Waals surface area contributed by atoms with Gasteiger partial charge >= 0.3 is 12.2 Å². The van der Waals surface area contributed by atoms with Crippen LogP contribution < -0.4 is 15.4 Å². The number of piperazine rings is 1. The quantitative estimate of drug-likeness (QED) is 0.263. The summed E-state index contributed by atoms with van der Waals surface area (Å²) < 4.78 is 18.8. The van der Waals surface area contributed by atoms with Crippen LogP contribution in [0.15, 0.2) is 36.4 Å². The van der Waals surface area contributed by atoms with Crippen LogP contribution in [0.1, 0.15) is 69.4 Å². The third-order valence-corrected chi connectivity index (χ3v) is 8.17. The smallest absolute Gasteiger partial charge is 0.419 e. The molecule has 12 heteroatoms. The number of alkyl carbamates (subject to hydrolysis) is 1. The molecule has 0 atom stereocenters. The number of carbonyl (C=O) groups is 3. The lowest BCUT2D eigenvalue weighted by Gasteiger charge is -2.34. The molecule has 2 amide bonds. The Balaban J connectivity index is 1.40. The number of fused-ring (bicyclic) bond motifs is 2. The Morgan fingerprint density at radius 1 is 0.938 bits per heavy atom. The Hall–Kier alpha value is -4.13. The summed E-state index contributed by atoms with van der Waals surface area (Å²) in [4.78, 5) is 43.6. The number of hydrogen-bond acceptors (Lipinski definition) is 9. The maximum Gasteiger partial charge on any atom is 0.419 e. The van der Waals surface area contributed by atoms with Crippen molar-refractivity contribution in [1.29, 1.82) is 0 Å². The summed E-state index contributed by atoms with van der Waals surface area (Å²) in [6.07, 6.45) is -0.456. The van der Waals surface area contributed by atoms with E-state index in [0.717, 1.165) is 49.2 Å². The number of nitrogens with one attached hydrogen (secondary N) is 2. The van der Waals surface area contributed by atoms with Crippen molar-refractivity contribution in [3.63, 3.8) is 0 Å². The van der Waals surface area contributed by atoms with E-state index in [2.05, 4.69) is 26.5 Å². The first-order valence-electron chi connectivity index (χ1n) is 16.7. The maximum atomic E-state index is 13.7. The van der Waals surface area contributed by atoms with Crippen LogP contribution in [-0.4, -0.2) is 101 Å². The molecule has 2 aliphatic rings. The predicted octanol–water partition coefficient (Wildman–Crippen LogP) is 4.74. The zero-order valence-corrected chi connectivity index (χ0v) is 29.0. The number of aliphatic hydroxyl groups is 1. The highest BCUT2D eigenvalue weighted by atomic mass is 16.6. The van der Waals surface area contributed by atoms with Gasteiger partial charge in [0.25, 0.3) is 5.91 Å². The molecule has 0 unspecified atom stereocenters. The van der Waals surface area contributed by atoms with Crippen molar-refractivity contribution in [2.45, 2.75) is 72.3 Å².